The molecule has 0 amide bonds. The Morgan fingerprint density at radius 3 is 2.78 bits per heavy atom. The van der Waals surface area contributed by atoms with Crippen molar-refractivity contribution in [2.24, 2.45) is 23.2 Å². The molecular formula is C21H32O2. The summed E-state index contributed by atoms with van der Waals surface area (Å²) < 4.78 is 0. The van der Waals surface area contributed by atoms with Crippen LogP contribution in [-0.2, 0) is 4.79 Å². The van der Waals surface area contributed by atoms with Crippen LogP contribution in [0.2, 0.25) is 0 Å². The van der Waals surface area contributed by atoms with Crippen LogP contribution in [0.1, 0.15) is 72.1 Å². The van der Waals surface area contributed by atoms with Crippen LogP contribution in [0.3, 0.4) is 0 Å². The summed E-state index contributed by atoms with van der Waals surface area (Å²) >= 11 is 0. The van der Waals surface area contributed by atoms with Gasteiger partial charge >= 0.3 is 0 Å². The highest BCUT2D eigenvalue weighted by Crippen LogP contribution is 2.54. The van der Waals surface area contributed by atoms with E-state index < -0.39 is 0 Å². The Kier molecular flexibility index (Phi) is 4.83. The van der Waals surface area contributed by atoms with Crippen LogP contribution in [0.4, 0.5) is 0 Å². The van der Waals surface area contributed by atoms with Gasteiger partial charge in [0.15, 0.2) is 5.78 Å². The highest BCUT2D eigenvalue weighted by atomic mass is 16.3. The van der Waals surface area contributed by atoms with E-state index in [1.807, 2.05) is 0 Å². The lowest BCUT2D eigenvalue weighted by Crippen LogP contribution is -2.36. The van der Waals surface area contributed by atoms with E-state index in [2.05, 4.69) is 26.0 Å². The van der Waals surface area contributed by atoms with Crippen LogP contribution < -0.4 is 0 Å². The Morgan fingerprint density at radius 1 is 1.30 bits per heavy atom. The van der Waals surface area contributed by atoms with Gasteiger partial charge < -0.3 is 5.11 Å². The number of Topliss-reactive ketones (excluding diaryl/α,β-unsaturated/α-hetero) is 1. The van der Waals surface area contributed by atoms with E-state index in [0.29, 0.717) is 17.8 Å². The summed E-state index contributed by atoms with van der Waals surface area (Å²) in [4.78, 5) is 12.1. The van der Waals surface area contributed by atoms with Crippen LogP contribution in [0.25, 0.3) is 0 Å². The van der Waals surface area contributed by atoms with Gasteiger partial charge in [-0.25, -0.2) is 0 Å². The smallest absolute Gasteiger partial charge is 0.156 e. The van der Waals surface area contributed by atoms with Gasteiger partial charge in [-0.3, -0.25) is 4.79 Å². The summed E-state index contributed by atoms with van der Waals surface area (Å²) in [6.45, 7) is 6.31. The molecule has 2 nitrogen and oxygen atoms in total. The van der Waals surface area contributed by atoms with Gasteiger partial charge in [0, 0.05) is 0 Å². The molecule has 5 unspecified atom stereocenters. The maximum absolute atomic E-state index is 12.1. The number of hydrogen-bond acceptors (Lipinski definition) is 2. The van der Waals surface area contributed by atoms with Crippen molar-refractivity contribution in [2.45, 2.75) is 78.2 Å². The first-order chi connectivity index (χ1) is 11.0. The zero-order valence-corrected chi connectivity index (χ0v) is 15.0. The molecule has 3 aliphatic carbocycles. The predicted molar refractivity (Wildman–Crippen MR) is 94.0 cm³/mol. The third-order valence-electron chi connectivity index (χ3n) is 6.84. The molecule has 23 heavy (non-hydrogen) atoms. The number of fused-ring (bicyclic) bond motifs is 1. The van der Waals surface area contributed by atoms with Gasteiger partial charge in [-0.05, 0) is 80.6 Å². The fourth-order valence-corrected chi connectivity index (χ4v) is 5.77. The minimum absolute atomic E-state index is 0.0742. The standard InChI is InChI=1S/C21H32O2/c1-4-11-21(3)19(14(2)22)9-10-20(21)17-6-5-16-13-18(23)8-7-15(16)12-17/h5,9,15,17-18,20,23H,4,6-8,10-13H2,1-3H3. The van der Waals surface area contributed by atoms with Crippen LogP contribution in [-0.4, -0.2) is 17.0 Å². The number of allylic oxidation sites excluding steroid dienone is 3. The van der Waals surface area contributed by atoms with Crippen molar-refractivity contribution in [1.29, 1.82) is 0 Å². The molecule has 3 aliphatic rings. The molecule has 0 aromatic carbocycles. The molecule has 128 valence electrons. The van der Waals surface area contributed by atoms with Crippen molar-refractivity contribution in [3.63, 3.8) is 0 Å². The van der Waals surface area contributed by atoms with Gasteiger partial charge in [0.1, 0.15) is 0 Å². The lowest BCUT2D eigenvalue weighted by atomic mass is 9.61. The second-order valence-corrected chi connectivity index (χ2v) is 8.33. The molecule has 0 aliphatic heterocycles. The average Bonchev–Trinajstić information content (AvgIpc) is 2.84. The lowest BCUT2D eigenvalue weighted by Gasteiger charge is -2.43. The molecule has 1 saturated carbocycles. The number of aliphatic hydroxyl groups excluding tert-OH is 1. The van der Waals surface area contributed by atoms with E-state index in [9.17, 15) is 9.90 Å². The molecule has 0 aromatic heterocycles. The van der Waals surface area contributed by atoms with E-state index in [-0.39, 0.29) is 17.3 Å². The normalized spacial score (nSPS) is 40.3. The van der Waals surface area contributed by atoms with Crippen LogP contribution >= 0.6 is 0 Å². The molecular weight excluding hydrogens is 284 g/mol. The molecule has 1 N–H and O–H groups in total. The molecule has 2 heteroatoms. The van der Waals surface area contributed by atoms with Gasteiger partial charge in [-0.15, -0.1) is 0 Å². The van der Waals surface area contributed by atoms with Crippen LogP contribution in [0.15, 0.2) is 23.3 Å². The first-order valence-corrected chi connectivity index (χ1v) is 9.54. The lowest BCUT2D eigenvalue weighted by molar-refractivity contribution is -0.115. The maximum atomic E-state index is 12.1. The molecule has 0 saturated heterocycles. The minimum Gasteiger partial charge on any atom is -0.393 e. The van der Waals surface area contributed by atoms with Crippen molar-refractivity contribution >= 4 is 5.78 Å². The number of rotatable bonds is 4. The molecule has 1 fully saturated rings. The average molecular weight is 316 g/mol. The number of ketones is 1. The summed E-state index contributed by atoms with van der Waals surface area (Å²) in [5.74, 6) is 2.27. The first kappa shape index (κ1) is 17.0. The van der Waals surface area contributed by atoms with E-state index in [0.717, 1.165) is 50.5 Å². The predicted octanol–water partition coefficient (Wildman–Crippen LogP) is 4.83. The number of carbonyl (C=O) groups excluding carboxylic acids is 1. The minimum atomic E-state index is -0.114. The fraction of sp³-hybridized carbons (Fsp3) is 0.762. The zero-order valence-electron chi connectivity index (χ0n) is 15.0. The topological polar surface area (TPSA) is 37.3 Å². The summed E-state index contributed by atoms with van der Waals surface area (Å²) in [5, 5.41) is 9.89. The molecule has 0 aromatic rings. The van der Waals surface area contributed by atoms with Crippen LogP contribution in [0, 0.1) is 23.2 Å². The van der Waals surface area contributed by atoms with E-state index in [1.165, 1.54) is 12.0 Å². The van der Waals surface area contributed by atoms with Crippen molar-refractivity contribution in [1.82, 2.24) is 0 Å². The zero-order chi connectivity index (χ0) is 16.6. The Labute approximate surface area is 141 Å². The quantitative estimate of drug-likeness (QED) is 0.755. The Balaban J connectivity index is 1.78. The number of aliphatic hydroxyl groups is 1. The molecule has 0 radical (unpaired) electrons. The van der Waals surface area contributed by atoms with Crippen molar-refractivity contribution in [3.8, 4) is 0 Å². The SMILES string of the molecule is CCCC1(C)C(C(C)=O)=CCC1C1CC=C2CC(O)CCC2C1. The second-order valence-electron chi connectivity index (χ2n) is 8.33. The molecule has 0 bridgehead atoms. The third-order valence-corrected chi connectivity index (χ3v) is 6.84. The number of carbonyl (C=O) groups is 1. The number of hydrogen-bond donors (Lipinski definition) is 1. The monoisotopic (exact) mass is 316 g/mol. The highest BCUT2D eigenvalue weighted by Gasteiger charge is 2.46. The second kappa shape index (κ2) is 6.55. The van der Waals surface area contributed by atoms with E-state index >= 15 is 0 Å². The Bertz CT molecular complexity index is 530. The molecule has 3 rings (SSSR count). The van der Waals surface area contributed by atoms with E-state index in [1.54, 1.807) is 6.92 Å². The summed E-state index contributed by atoms with van der Waals surface area (Å²) in [6, 6.07) is 0. The van der Waals surface area contributed by atoms with Crippen molar-refractivity contribution < 1.29 is 9.90 Å². The summed E-state index contributed by atoms with van der Waals surface area (Å²) in [7, 11) is 0. The van der Waals surface area contributed by atoms with Gasteiger partial charge in [0.25, 0.3) is 0 Å². The fourth-order valence-electron chi connectivity index (χ4n) is 5.77. The highest BCUT2D eigenvalue weighted by molar-refractivity contribution is 5.95. The van der Waals surface area contributed by atoms with Gasteiger partial charge in [0.2, 0.25) is 0 Å². The van der Waals surface area contributed by atoms with Gasteiger partial charge in [0.05, 0.1) is 6.10 Å². The van der Waals surface area contributed by atoms with E-state index in [4.69, 9.17) is 0 Å². The first-order valence-electron chi connectivity index (χ1n) is 9.54. The van der Waals surface area contributed by atoms with Crippen LogP contribution in [0.5, 0.6) is 0 Å². The molecule has 5 atom stereocenters. The maximum Gasteiger partial charge on any atom is 0.156 e. The van der Waals surface area contributed by atoms with Gasteiger partial charge in [-0.2, -0.15) is 0 Å². The van der Waals surface area contributed by atoms with Crippen molar-refractivity contribution in [2.75, 3.05) is 0 Å². The van der Waals surface area contributed by atoms with Gasteiger partial charge in [-0.1, -0.05) is 38.0 Å². The Morgan fingerprint density at radius 2 is 2.09 bits per heavy atom. The largest absolute Gasteiger partial charge is 0.393 e. The molecule has 0 heterocycles. The Hall–Kier alpha value is -0.890. The third kappa shape index (κ3) is 3.07. The summed E-state index contributed by atoms with van der Waals surface area (Å²) in [5.41, 5.74) is 2.68. The van der Waals surface area contributed by atoms with Crippen molar-refractivity contribution in [3.05, 3.63) is 23.3 Å². The molecule has 0 spiro atoms. The summed E-state index contributed by atoms with van der Waals surface area (Å²) in [6.07, 6.45) is 13.3.